The molecular weight excluding hydrogens is 223 g/mol. The third kappa shape index (κ3) is 2.43. The maximum atomic E-state index is 13.2. The van der Waals surface area contributed by atoms with Crippen LogP contribution in [0, 0.1) is 5.82 Å². The first kappa shape index (κ1) is 11.6. The van der Waals surface area contributed by atoms with Gasteiger partial charge >= 0.3 is 0 Å². The van der Waals surface area contributed by atoms with E-state index in [1.807, 2.05) is 11.8 Å². The molecule has 2 N–H and O–H groups in total. The number of thioether (sulfide) groups is 1. The molecule has 2 rings (SSSR count). The van der Waals surface area contributed by atoms with E-state index >= 15 is 0 Å². The van der Waals surface area contributed by atoms with E-state index in [0.717, 1.165) is 18.8 Å². The predicted octanol–water partition coefficient (Wildman–Crippen LogP) is 2.74. The number of benzene rings is 1. The number of hydrogen-bond acceptors (Lipinski definition) is 3. The smallest absolute Gasteiger partial charge is 0.125 e. The highest BCUT2D eigenvalue weighted by molar-refractivity contribution is 8.00. The van der Waals surface area contributed by atoms with E-state index in [2.05, 4.69) is 18.7 Å². The summed E-state index contributed by atoms with van der Waals surface area (Å²) < 4.78 is 13.2. The Labute approximate surface area is 100 Å². The molecule has 0 amide bonds. The zero-order chi connectivity index (χ0) is 11.7. The topological polar surface area (TPSA) is 29.3 Å². The average molecular weight is 240 g/mol. The molecule has 1 aliphatic rings. The largest absolute Gasteiger partial charge is 0.397 e. The van der Waals surface area contributed by atoms with Gasteiger partial charge in [-0.3, -0.25) is 0 Å². The van der Waals surface area contributed by atoms with E-state index in [4.69, 9.17) is 5.73 Å². The molecule has 16 heavy (non-hydrogen) atoms. The second-order valence-corrected chi connectivity index (χ2v) is 6.25. The van der Waals surface area contributed by atoms with Gasteiger partial charge in [0.05, 0.1) is 11.4 Å². The second kappa shape index (κ2) is 4.53. The number of halogens is 1. The Morgan fingerprint density at radius 1 is 1.31 bits per heavy atom. The van der Waals surface area contributed by atoms with Gasteiger partial charge in [0.25, 0.3) is 0 Å². The molecule has 2 unspecified atom stereocenters. The fourth-order valence-corrected chi connectivity index (χ4v) is 3.49. The summed E-state index contributed by atoms with van der Waals surface area (Å²) in [6.07, 6.45) is 0. The van der Waals surface area contributed by atoms with Crippen LogP contribution in [0.4, 0.5) is 15.8 Å². The lowest BCUT2D eigenvalue weighted by atomic mass is 10.2. The van der Waals surface area contributed by atoms with Crippen LogP contribution in [0.3, 0.4) is 0 Å². The first-order valence-corrected chi connectivity index (χ1v) is 6.46. The van der Waals surface area contributed by atoms with Gasteiger partial charge in [0.1, 0.15) is 5.82 Å². The molecule has 1 aliphatic heterocycles. The van der Waals surface area contributed by atoms with Crippen molar-refractivity contribution in [2.45, 2.75) is 24.3 Å². The molecule has 0 spiro atoms. The highest BCUT2D eigenvalue weighted by Gasteiger charge is 2.23. The van der Waals surface area contributed by atoms with Crippen molar-refractivity contribution in [1.29, 1.82) is 0 Å². The molecule has 88 valence electrons. The molecule has 2 atom stereocenters. The molecule has 1 fully saturated rings. The van der Waals surface area contributed by atoms with Crippen molar-refractivity contribution in [1.82, 2.24) is 0 Å². The van der Waals surface area contributed by atoms with Crippen molar-refractivity contribution in [2.24, 2.45) is 0 Å². The van der Waals surface area contributed by atoms with Gasteiger partial charge in [-0.2, -0.15) is 11.8 Å². The number of rotatable bonds is 1. The molecule has 1 aromatic rings. The van der Waals surface area contributed by atoms with Crippen LogP contribution < -0.4 is 10.6 Å². The summed E-state index contributed by atoms with van der Waals surface area (Å²) in [5.41, 5.74) is 7.39. The molecule has 0 bridgehead atoms. The Bertz CT molecular complexity index is 373. The van der Waals surface area contributed by atoms with Crippen LogP contribution in [0.1, 0.15) is 13.8 Å². The van der Waals surface area contributed by atoms with E-state index in [-0.39, 0.29) is 5.82 Å². The molecule has 1 heterocycles. The minimum Gasteiger partial charge on any atom is -0.397 e. The fraction of sp³-hybridized carbons (Fsp3) is 0.500. The van der Waals surface area contributed by atoms with Crippen molar-refractivity contribution < 1.29 is 4.39 Å². The van der Waals surface area contributed by atoms with E-state index < -0.39 is 0 Å². The zero-order valence-electron chi connectivity index (χ0n) is 9.61. The Hall–Kier alpha value is -0.900. The molecule has 0 saturated carbocycles. The van der Waals surface area contributed by atoms with Crippen molar-refractivity contribution >= 4 is 23.1 Å². The van der Waals surface area contributed by atoms with Gasteiger partial charge in [0.2, 0.25) is 0 Å². The van der Waals surface area contributed by atoms with Crippen LogP contribution in [-0.4, -0.2) is 23.6 Å². The molecule has 1 saturated heterocycles. The Morgan fingerprint density at radius 2 is 1.94 bits per heavy atom. The SMILES string of the molecule is CC1CN(c2cc(F)ccc2N)CC(C)S1. The number of nitrogens with zero attached hydrogens (tertiary/aromatic N) is 1. The molecule has 0 aromatic heterocycles. The lowest BCUT2D eigenvalue weighted by Crippen LogP contribution is -2.40. The van der Waals surface area contributed by atoms with Gasteiger partial charge in [-0.05, 0) is 18.2 Å². The zero-order valence-corrected chi connectivity index (χ0v) is 10.4. The summed E-state index contributed by atoms with van der Waals surface area (Å²) in [6, 6.07) is 4.58. The van der Waals surface area contributed by atoms with Crippen molar-refractivity contribution in [3.63, 3.8) is 0 Å². The first-order chi connectivity index (χ1) is 7.56. The van der Waals surface area contributed by atoms with E-state index in [1.54, 1.807) is 6.07 Å². The molecular formula is C12H17FN2S. The minimum absolute atomic E-state index is 0.220. The van der Waals surface area contributed by atoms with Crippen LogP contribution in [0.5, 0.6) is 0 Å². The van der Waals surface area contributed by atoms with Crippen molar-refractivity contribution in [3.05, 3.63) is 24.0 Å². The van der Waals surface area contributed by atoms with Crippen LogP contribution in [0.2, 0.25) is 0 Å². The number of nitrogen functional groups attached to an aromatic ring is 1. The van der Waals surface area contributed by atoms with Gasteiger partial charge in [0.15, 0.2) is 0 Å². The molecule has 2 nitrogen and oxygen atoms in total. The normalized spacial score (nSPS) is 25.8. The second-order valence-electron chi connectivity index (χ2n) is 4.37. The Morgan fingerprint density at radius 3 is 2.56 bits per heavy atom. The van der Waals surface area contributed by atoms with Crippen LogP contribution in [-0.2, 0) is 0 Å². The van der Waals surface area contributed by atoms with Gasteiger partial charge in [-0.15, -0.1) is 0 Å². The third-order valence-electron chi connectivity index (χ3n) is 2.75. The maximum Gasteiger partial charge on any atom is 0.125 e. The van der Waals surface area contributed by atoms with Crippen LogP contribution in [0.15, 0.2) is 18.2 Å². The van der Waals surface area contributed by atoms with E-state index in [9.17, 15) is 4.39 Å². The lowest BCUT2D eigenvalue weighted by Gasteiger charge is -2.36. The average Bonchev–Trinajstić information content (AvgIpc) is 2.20. The van der Waals surface area contributed by atoms with E-state index in [0.29, 0.717) is 16.2 Å². The van der Waals surface area contributed by atoms with Crippen molar-refractivity contribution in [2.75, 3.05) is 23.7 Å². The summed E-state index contributed by atoms with van der Waals surface area (Å²) in [7, 11) is 0. The molecule has 1 aromatic carbocycles. The van der Waals surface area contributed by atoms with Crippen molar-refractivity contribution in [3.8, 4) is 0 Å². The first-order valence-electron chi connectivity index (χ1n) is 5.51. The molecule has 0 radical (unpaired) electrons. The Balaban J connectivity index is 2.25. The van der Waals surface area contributed by atoms with Gasteiger partial charge in [-0.25, -0.2) is 4.39 Å². The van der Waals surface area contributed by atoms with Gasteiger partial charge in [-0.1, -0.05) is 13.8 Å². The van der Waals surface area contributed by atoms with Gasteiger partial charge < -0.3 is 10.6 Å². The van der Waals surface area contributed by atoms with Gasteiger partial charge in [0, 0.05) is 23.6 Å². The highest BCUT2D eigenvalue weighted by atomic mass is 32.2. The quantitative estimate of drug-likeness (QED) is 0.765. The highest BCUT2D eigenvalue weighted by Crippen LogP contribution is 2.31. The summed E-state index contributed by atoms with van der Waals surface area (Å²) in [4.78, 5) is 2.18. The molecule has 0 aliphatic carbocycles. The summed E-state index contributed by atoms with van der Waals surface area (Å²) in [5.74, 6) is -0.220. The lowest BCUT2D eigenvalue weighted by molar-refractivity contribution is 0.625. The van der Waals surface area contributed by atoms with E-state index in [1.165, 1.54) is 12.1 Å². The fourth-order valence-electron chi connectivity index (χ4n) is 2.17. The van der Waals surface area contributed by atoms with Crippen LogP contribution >= 0.6 is 11.8 Å². The minimum atomic E-state index is -0.220. The number of anilines is 2. The maximum absolute atomic E-state index is 13.2. The number of nitrogens with two attached hydrogens (primary N) is 1. The monoisotopic (exact) mass is 240 g/mol. The molecule has 4 heteroatoms. The van der Waals surface area contributed by atoms with Crippen LogP contribution in [0.25, 0.3) is 0 Å². The summed E-state index contributed by atoms with van der Waals surface area (Å²) in [5, 5.41) is 1.12. The standard InChI is InChI=1S/C12H17FN2S/c1-8-6-15(7-9(2)16-8)12-5-10(13)3-4-11(12)14/h3-5,8-9H,6-7,14H2,1-2H3. The Kier molecular flexibility index (Phi) is 3.28. The number of hydrogen-bond donors (Lipinski definition) is 1. The summed E-state index contributed by atoms with van der Waals surface area (Å²) in [6.45, 7) is 6.26. The predicted molar refractivity (Wildman–Crippen MR) is 69.5 cm³/mol. The third-order valence-corrected chi connectivity index (χ3v) is 3.98. The summed E-state index contributed by atoms with van der Waals surface area (Å²) >= 11 is 1.97.